The molecule has 1 heterocycles. The van der Waals surface area contributed by atoms with E-state index in [1.807, 2.05) is 29.9 Å². The molecule has 0 fully saturated rings. The lowest BCUT2D eigenvalue weighted by atomic mass is 10.1. The molecule has 2 nitrogen and oxygen atoms in total. The summed E-state index contributed by atoms with van der Waals surface area (Å²) in [5.74, 6) is 5.98. The van der Waals surface area contributed by atoms with Crippen molar-refractivity contribution >= 4 is 28.3 Å². The van der Waals surface area contributed by atoms with Crippen molar-refractivity contribution in [3.8, 4) is 11.8 Å². The molecule has 0 unspecified atom stereocenters. The van der Waals surface area contributed by atoms with Crippen molar-refractivity contribution in [3.63, 3.8) is 0 Å². The molecule has 1 aromatic heterocycles. The van der Waals surface area contributed by atoms with Crippen LogP contribution < -0.4 is 0 Å². The van der Waals surface area contributed by atoms with Gasteiger partial charge in [-0.15, -0.1) is 0 Å². The summed E-state index contributed by atoms with van der Waals surface area (Å²) in [6.07, 6.45) is 2.23. The van der Waals surface area contributed by atoms with Gasteiger partial charge in [-0.25, -0.2) is 4.39 Å². The van der Waals surface area contributed by atoms with Crippen LogP contribution in [0.2, 0.25) is 5.02 Å². The Morgan fingerprint density at radius 3 is 2.62 bits per heavy atom. The van der Waals surface area contributed by atoms with Gasteiger partial charge in [-0.1, -0.05) is 29.5 Å². The molecule has 0 amide bonds. The normalized spacial score (nSPS) is 10.5. The molecule has 0 spiro atoms. The molecule has 0 aliphatic rings. The number of ketones is 1. The zero-order valence-corrected chi connectivity index (χ0v) is 14.1. The minimum atomic E-state index is -0.271. The fraction of sp³-hybridized carbons (Fsp3) is 0.150. The lowest BCUT2D eigenvalue weighted by molar-refractivity contribution is -0.116. The highest BCUT2D eigenvalue weighted by molar-refractivity contribution is 6.31. The lowest BCUT2D eigenvalue weighted by Gasteiger charge is -2.00. The summed E-state index contributed by atoms with van der Waals surface area (Å²) in [5, 5.41) is 1.42. The summed E-state index contributed by atoms with van der Waals surface area (Å²) in [6.45, 7) is 1.55. The highest BCUT2D eigenvalue weighted by atomic mass is 35.5. The first-order valence-electron chi connectivity index (χ1n) is 7.48. The molecule has 3 rings (SSSR count). The summed E-state index contributed by atoms with van der Waals surface area (Å²) >= 11 is 6.25. The Morgan fingerprint density at radius 1 is 1.17 bits per heavy atom. The monoisotopic (exact) mass is 339 g/mol. The Labute approximate surface area is 144 Å². The summed E-state index contributed by atoms with van der Waals surface area (Å²) in [6, 6.07) is 10.1. The van der Waals surface area contributed by atoms with Crippen molar-refractivity contribution in [2.45, 2.75) is 13.3 Å². The van der Waals surface area contributed by atoms with Gasteiger partial charge in [0, 0.05) is 30.6 Å². The predicted molar refractivity (Wildman–Crippen MR) is 94.7 cm³/mol. The van der Waals surface area contributed by atoms with Crippen LogP contribution in [-0.4, -0.2) is 10.4 Å². The average molecular weight is 340 g/mol. The van der Waals surface area contributed by atoms with Gasteiger partial charge in [-0.2, -0.15) is 0 Å². The molecule has 2 aromatic carbocycles. The number of nitrogens with zero attached hydrogens (tertiary/aromatic N) is 1. The standard InChI is InChI=1S/C20H15ClFNO/c1-13(24)9-14-3-4-15(19(21)10-14)5-6-16-12-23(2)20-11-17(22)7-8-18(16)20/h3-4,7-8,10-12H,9H2,1-2H3. The molecule has 0 aliphatic carbocycles. The number of benzene rings is 2. The third kappa shape index (κ3) is 3.34. The van der Waals surface area contributed by atoms with Gasteiger partial charge in [-0.3, -0.25) is 4.79 Å². The molecule has 0 aliphatic heterocycles. The van der Waals surface area contributed by atoms with Crippen LogP contribution in [0.4, 0.5) is 4.39 Å². The van der Waals surface area contributed by atoms with Gasteiger partial charge in [0.25, 0.3) is 0 Å². The van der Waals surface area contributed by atoms with Crippen molar-refractivity contribution in [2.24, 2.45) is 7.05 Å². The van der Waals surface area contributed by atoms with Gasteiger partial charge in [-0.05, 0) is 42.8 Å². The van der Waals surface area contributed by atoms with Gasteiger partial charge < -0.3 is 4.57 Å². The number of halogens is 2. The van der Waals surface area contributed by atoms with E-state index in [2.05, 4.69) is 11.8 Å². The molecule has 3 aromatic rings. The molecule has 0 saturated carbocycles. The van der Waals surface area contributed by atoms with Gasteiger partial charge in [0.15, 0.2) is 0 Å². The quantitative estimate of drug-likeness (QED) is 0.630. The molecule has 0 bridgehead atoms. The SMILES string of the molecule is CC(=O)Cc1ccc(C#Cc2cn(C)c3cc(F)ccc23)c(Cl)c1. The number of carbonyl (C=O) groups excluding carboxylic acids is 1. The van der Waals surface area contributed by atoms with E-state index in [0.29, 0.717) is 17.0 Å². The molecule has 120 valence electrons. The maximum absolute atomic E-state index is 13.4. The number of fused-ring (bicyclic) bond motifs is 1. The zero-order valence-electron chi connectivity index (χ0n) is 13.4. The highest BCUT2D eigenvalue weighted by Crippen LogP contribution is 2.22. The zero-order chi connectivity index (χ0) is 17.3. The number of rotatable bonds is 2. The first-order valence-corrected chi connectivity index (χ1v) is 7.86. The van der Waals surface area contributed by atoms with E-state index in [1.54, 1.807) is 19.1 Å². The van der Waals surface area contributed by atoms with Crippen LogP contribution in [0.3, 0.4) is 0 Å². The van der Waals surface area contributed by atoms with Gasteiger partial charge in [0.05, 0.1) is 16.1 Å². The Bertz CT molecular complexity index is 1010. The van der Waals surface area contributed by atoms with E-state index in [9.17, 15) is 9.18 Å². The van der Waals surface area contributed by atoms with E-state index in [-0.39, 0.29) is 11.6 Å². The first-order chi connectivity index (χ1) is 11.4. The number of hydrogen-bond donors (Lipinski definition) is 0. The lowest BCUT2D eigenvalue weighted by Crippen LogP contribution is -1.96. The predicted octanol–water partition coefficient (Wildman–Crippen LogP) is 4.50. The number of Topliss-reactive ketones (excluding diaryl/α,β-unsaturated/α-hetero) is 1. The largest absolute Gasteiger partial charge is 0.349 e. The van der Waals surface area contributed by atoms with Crippen LogP contribution in [0.1, 0.15) is 23.6 Å². The molecular formula is C20H15ClFNO. The van der Waals surface area contributed by atoms with Crippen molar-refractivity contribution in [3.05, 3.63) is 70.1 Å². The average Bonchev–Trinajstić information content (AvgIpc) is 2.82. The van der Waals surface area contributed by atoms with Crippen LogP contribution in [0.15, 0.2) is 42.6 Å². The Morgan fingerprint density at radius 2 is 1.92 bits per heavy atom. The van der Waals surface area contributed by atoms with Crippen molar-refractivity contribution in [1.82, 2.24) is 4.57 Å². The van der Waals surface area contributed by atoms with E-state index in [0.717, 1.165) is 22.0 Å². The smallest absolute Gasteiger partial charge is 0.134 e. The Balaban J connectivity index is 1.97. The first kappa shape index (κ1) is 16.3. The minimum absolute atomic E-state index is 0.0906. The van der Waals surface area contributed by atoms with Crippen LogP contribution in [0.5, 0.6) is 0 Å². The summed E-state index contributed by atoms with van der Waals surface area (Å²) in [4.78, 5) is 11.2. The molecule has 24 heavy (non-hydrogen) atoms. The molecule has 0 atom stereocenters. The summed E-state index contributed by atoms with van der Waals surface area (Å²) in [5.41, 5.74) is 3.18. The molecule has 0 radical (unpaired) electrons. The number of aromatic nitrogens is 1. The highest BCUT2D eigenvalue weighted by Gasteiger charge is 2.06. The maximum Gasteiger partial charge on any atom is 0.134 e. The Hall–Kier alpha value is -2.57. The van der Waals surface area contributed by atoms with Crippen molar-refractivity contribution in [2.75, 3.05) is 0 Å². The second kappa shape index (κ2) is 6.51. The number of carbonyl (C=O) groups is 1. The fourth-order valence-electron chi connectivity index (χ4n) is 2.65. The fourth-order valence-corrected chi connectivity index (χ4v) is 2.90. The van der Waals surface area contributed by atoms with Crippen LogP contribution in [-0.2, 0) is 18.3 Å². The number of aryl methyl sites for hydroxylation is 1. The van der Waals surface area contributed by atoms with Crippen LogP contribution in [0.25, 0.3) is 10.9 Å². The van der Waals surface area contributed by atoms with Crippen molar-refractivity contribution < 1.29 is 9.18 Å². The topological polar surface area (TPSA) is 22.0 Å². The molecule has 0 N–H and O–H groups in total. The van der Waals surface area contributed by atoms with Gasteiger partial charge in [0.2, 0.25) is 0 Å². The van der Waals surface area contributed by atoms with E-state index < -0.39 is 0 Å². The Kier molecular flexibility index (Phi) is 4.42. The van der Waals surface area contributed by atoms with Gasteiger partial charge in [0.1, 0.15) is 11.6 Å². The maximum atomic E-state index is 13.4. The van der Waals surface area contributed by atoms with E-state index in [1.165, 1.54) is 12.1 Å². The second-order valence-corrected chi connectivity index (χ2v) is 6.17. The molecular weight excluding hydrogens is 325 g/mol. The molecule has 0 saturated heterocycles. The second-order valence-electron chi connectivity index (χ2n) is 5.76. The van der Waals surface area contributed by atoms with E-state index >= 15 is 0 Å². The third-order valence-electron chi connectivity index (χ3n) is 3.77. The number of hydrogen-bond acceptors (Lipinski definition) is 1. The minimum Gasteiger partial charge on any atom is -0.349 e. The summed E-state index contributed by atoms with van der Waals surface area (Å²) in [7, 11) is 1.86. The van der Waals surface area contributed by atoms with Crippen LogP contribution >= 0.6 is 11.6 Å². The third-order valence-corrected chi connectivity index (χ3v) is 4.08. The van der Waals surface area contributed by atoms with Crippen molar-refractivity contribution in [1.29, 1.82) is 0 Å². The van der Waals surface area contributed by atoms with Gasteiger partial charge >= 0.3 is 0 Å². The molecule has 4 heteroatoms. The van der Waals surface area contributed by atoms with E-state index in [4.69, 9.17) is 11.6 Å². The summed E-state index contributed by atoms with van der Waals surface area (Å²) < 4.78 is 15.2. The van der Waals surface area contributed by atoms with Crippen LogP contribution in [0, 0.1) is 17.7 Å².